The lowest BCUT2D eigenvalue weighted by molar-refractivity contribution is 0.0414. The Morgan fingerprint density at radius 2 is 0.692 bits per heavy atom. The standard InChI is InChI=1S/C21H24O9.C9H3Cl3O3.C4H8O2.CH4/c1-4-25-7-10-28-19(22)16-13-17(20(23)29-11-8-26-5-2)15-18(14-16)21(24)30-12-9-27-6-3;10-7(13)4-1-5(8(11)14)3-6(2-4)9(12)15;1-2-6-4-3-5;/h4-6,13-15H,1-3,7-12H2;1-3H;2,5H,1,3-4H2;1H4. The van der Waals surface area contributed by atoms with Crippen molar-refractivity contribution >= 4 is 68.4 Å². The maximum Gasteiger partial charge on any atom is 0.338 e. The highest BCUT2D eigenvalue weighted by molar-refractivity contribution is 6.70. The van der Waals surface area contributed by atoms with E-state index in [4.69, 9.17) is 68.3 Å². The first-order valence-electron chi connectivity index (χ1n) is 14.3. The van der Waals surface area contributed by atoms with Gasteiger partial charge in [0.25, 0.3) is 15.7 Å². The predicted octanol–water partition coefficient (Wildman–Crippen LogP) is 6.24. The number of aliphatic hydroxyl groups excluding tert-OH is 1. The fraction of sp³-hybridized carbons (Fsp3) is 0.257. The maximum atomic E-state index is 12.3. The maximum absolute atomic E-state index is 12.3. The third-order valence-corrected chi connectivity index (χ3v) is 5.89. The van der Waals surface area contributed by atoms with Gasteiger partial charge in [0, 0.05) is 16.7 Å². The Bertz CT molecular complexity index is 1330. The quantitative estimate of drug-likeness (QED) is 0.0493. The molecule has 0 aliphatic heterocycles. The first-order valence-corrected chi connectivity index (χ1v) is 15.4. The second-order valence-electron chi connectivity index (χ2n) is 8.70. The molecule has 17 heteroatoms. The van der Waals surface area contributed by atoms with Crippen LogP contribution in [0, 0.1) is 0 Å². The summed E-state index contributed by atoms with van der Waals surface area (Å²) >= 11 is 15.6. The van der Waals surface area contributed by atoms with Crippen molar-refractivity contribution in [2.24, 2.45) is 0 Å². The van der Waals surface area contributed by atoms with Gasteiger partial charge in [0.2, 0.25) is 0 Å². The second-order valence-corrected chi connectivity index (χ2v) is 9.73. The first-order chi connectivity index (χ1) is 24.4. The van der Waals surface area contributed by atoms with Crippen molar-refractivity contribution in [1.82, 2.24) is 0 Å². The molecule has 0 aliphatic rings. The number of hydrogen-bond donors (Lipinski definition) is 1. The lowest BCUT2D eigenvalue weighted by Crippen LogP contribution is -2.16. The smallest absolute Gasteiger partial charge is 0.338 e. The molecule has 0 heterocycles. The van der Waals surface area contributed by atoms with Crippen LogP contribution in [0.15, 0.2) is 87.8 Å². The van der Waals surface area contributed by atoms with Gasteiger partial charge < -0.3 is 38.3 Å². The molecule has 0 atom stereocenters. The molecule has 0 aromatic heterocycles. The van der Waals surface area contributed by atoms with Crippen LogP contribution >= 0.6 is 34.8 Å². The minimum absolute atomic E-state index is 0. The van der Waals surface area contributed by atoms with E-state index in [-0.39, 0.29) is 87.1 Å². The molecule has 0 amide bonds. The molecular formula is C35H39Cl3O14. The van der Waals surface area contributed by atoms with Crippen LogP contribution in [0.1, 0.15) is 69.6 Å². The van der Waals surface area contributed by atoms with Gasteiger partial charge in [-0.3, -0.25) is 14.4 Å². The zero-order chi connectivity index (χ0) is 38.6. The number of aliphatic hydroxyl groups is 1. The molecule has 0 bridgehead atoms. The molecule has 0 spiro atoms. The molecule has 2 rings (SSSR count). The van der Waals surface area contributed by atoms with Crippen molar-refractivity contribution in [2.75, 3.05) is 52.9 Å². The van der Waals surface area contributed by atoms with E-state index in [2.05, 4.69) is 31.1 Å². The second kappa shape index (κ2) is 29.6. The van der Waals surface area contributed by atoms with Crippen molar-refractivity contribution in [2.45, 2.75) is 7.43 Å². The SMILES string of the molecule is C.C=COCCO.C=COCCOC(=O)c1cc(C(=O)OCCOC=C)cc(C(=O)OCCOC=C)c1.O=C(Cl)c1cc(C(=O)Cl)cc(C(=O)Cl)c1. The lowest BCUT2D eigenvalue weighted by Gasteiger charge is -2.10. The highest BCUT2D eigenvalue weighted by Gasteiger charge is 2.19. The molecule has 0 radical (unpaired) electrons. The first kappa shape index (κ1) is 49.0. The van der Waals surface area contributed by atoms with Gasteiger partial charge in [-0.25, -0.2) is 14.4 Å². The van der Waals surface area contributed by atoms with Gasteiger partial charge in [0.15, 0.2) is 0 Å². The highest BCUT2D eigenvalue weighted by atomic mass is 35.5. The summed E-state index contributed by atoms with van der Waals surface area (Å²) in [5.41, 5.74) is -0.106. The lowest BCUT2D eigenvalue weighted by atomic mass is 10.1. The van der Waals surface area contributed by atoms with Crippen LogP contribution in [-0.4, -0.2) is 91.6 Å². The van der Waals surface area contributed by atoms with Crippen molar-refractivity contribution in [3.05, 3.63) is 121 Å². The van der Waals surface area contributed by atoms with Crippen LogP contribution in [0.25, 0.3) is 0 Å². The predicted molar refractivity (Wildman–Crippen MR) is 193 cm³/mol. The van der Waals surface area contributed by atoms with E-state index in [0.29, 0.717) is 6.61 Å². The van der Waals surface area contributed by atoms with Crippen LogP contribution in [0.5, 0.6) is 0 Å². The van der Waals surface area contributed by atoms with Gasteiger partial charge in [-0.2, -0.15) is 0 Å². The summed E-state index contributed by atoms with van der Waals surface area (Å²) < 4.78 is 34.3. The average Bonchev–Trinajstić information content (AvgIpc) is 3.12. The number of carbonyl (C=O) groups excluding carboxylic acids is 6. The van der Waals surface area contributed by atoms with Crippen LogP contribution in [0.4, 0.5) is 0 Å². The molecule has 14 nitrogen and oxygen atoms in total. The van der Waals surface area contributed by atoms with E-state index in [1.165, 1.54) is 61.4 Å². The molecule has 284 valence electrons. The average molecular weight is 790 g/mol. The number of rotatable bonds is 21. The zero-order valence-corrected chi connectivity index (χ0v) is 29.4. The van der Waals surface area contributed by atoms with Crippen molar-refractivity contribution in [3.8, 4) is 0 Å². The van der Waals surface area contributed by atoms with Crippen molar-refractivity contribution in [1.29, 1.82) is 0 Å². The normalized spacial score (nSPS) is 9.23. The number of ether oxygens (including phenoxy) is 7. The molecule has 0 unspecified atom stereocenters. The molecular weight excluding hydrogens is 751 g/mol. The van der Waals surface area contributed by atoms with E-state index >= 15 is 0 Å². The summed E-state index contributed by atoms with van der Waals surface area (Å²) in [6.45, 7) is 14.0. The molecule has 52 heavy (non-hydrogen) atoms. The fourth-order valence-electron chi connectivity index (χ4n) is 3.13. The van der Waals surface area contributed by atoms with Crippen LogP contribution in [0.3, 0.4) is 0 Å². The van der Waals surface area contributed by atoms with Crippen LogP contribution < -0.4 is 0 Å². The van der Waals surface area contributed by atoms with E-state index < -0.39 is 33.6 Å². The minimum Gasteiger partial charge on any atom is -0.499 e. The summed E-state index contributed by atoms with van der Waals surface area (Å²) in [4.78, 5) is 69.4. The van der Waals surface area contributed by atoms with Crippen molar-refractivity contribution in [3.63, 3.8) is 0 Å². The number of halogens is 3. The Morgan fingerprint density at radius 1 is 0.462 bits per heavy atom. The molecule has 0 aliphatic carbocycles. The summed E-state index contributed by atoms with van der Waals surface area (Å²) in [7, 11) is 0. The molecule has 2 aromatic carbocycles. The third-order valence-electron chi connectivity index (χ3n) is 5.24. The number of carbonyl (C=O) groups is 6. The number of hydrogen-bond acceptors (Lipinski definition) is 14. The Kier molecular flexibility index (Phi) is 27.8. The third kappa shape index (κ3) is 21.2. The largest absolute Gasteiger partial charge is 0.499 e. The minimum atomic E-state index is -0.797. The van der Waals surface area contributed by atoms with Crippen molar-refractivity contribution < 1.29 is 67.0 Å². The summed E-state index contributed by atoms with van der Waals surface area (Å²) in [6.07, 6.45) is 4.94. The monoisotopic (exact) mass is 788 g/mol. The Morgan fingerprint density at radius 3 is 0.885 bits per heavy atom. The van der Waals surface area contributed by atoms with Gasteiger partial charge in [-0.15, -0.1) is 0 Å². The van der Waals surface area contributed by atoms with Gasteiger partial charge in [0.05, 0.1) is 48.3 Å². The topological polar surface area (TPSA) is 187 Å². The van der Waals surface area contributed by atoms with Gasteiger partial charge in [-0.05, 0) is 71.2 Å². The molecule has 1 N–H and O–H groups in total. The highest BCUT2D eigenvalue weighted by Crippen LogP contribution is 2.17. The molecule has 2 aromatic rings. The van der Waals surface area contributed by atoms with Gasteiger partial charge in [0.1, 0.15) is 46.2 Å². The van der Waals surface area contributed by atoms with Gasteiger partial charge in [-0.1, -0.05) is 33.7 Å². The fourth-order valence-corrected chi connectivity index (χ4v) is 3.46. The summed E-state index contributed by atoms with van der Waals surface area (Å²) in [5.74, 6) is -2.26. The summed E-state index contributed by atoms with van der Waals surface area (Å²) in [6, 6.07) is 7.33. The van der Waals surface area contributed by atoms with Crippen LogP contribution in [-0.2, 0) is 33.2 Å². The summed E-state index contributed by atoms with van der Waals surface area (Å²) in [5, 5.41) is 5.63. The van der Waals surface area contributed by atoms with Crippen LogP contribution in [0.2, 0.25) is 0 Å². The molecule has 0 saturated carbocycles. The molecule has 0 fully saturated rings. The zero-order valence-electron chi connectivity index (χ0n) is 27.1. The number of benzene rings is 2. The Balaban J connectivity index is 0. The molecule has 0 saturated heterocycles. The Labute approximate surface area is 316 Å². The Hall–Kier alpha value is -5.15. The van der Waals surface area contributed by atoms with E-state index in [9.17, 15) is 28.8 Å². The number of esters is 3. The van der Waals surface area contributed by atoms with Gasteiger partial charge >= 0.3 is 17.9 Å². The van der Waals surface area contributed by atoms with E-state index in [0.717, 1.165) is 0 Å². The van der Waals surface area contributed by atoms with E-state index in [1.54, 1.807) is 0 Å². The van der Waals surface area contributed by atoms with E-state index in [1.807, 2.05) is 0 Å².